The molecule has 29 heavy (non-hydrogen) atoms. The Morgan fingerprint density at radius 1 is 1.28 bits per heavy atom. The third kappa shape index (κ3) is 5.79. The van der Waals surface area contributed by atoms with Crippen LogP contribution in [0.1, 0.15) is 50.4 Å². The summed E-state index contributed by atoms with van der Waals surface area (Å²) in [6.07, 6.45) is 3.91. The van der Waals surface area contributed by atoms with Crippen LogP contribution in [0.4, 0.5) is 0 Å². The molecule has 154 valence electrons. The lowest BCUT2D eigenvalue weighted by atomic mass is 9.96. The van der Waals surface area contributed by atoms with Crippen LogP contribution >= 0.6 is 0 Å². The lowest BCUT2D eigenvalue weighted by Crippen LogP contribution is -2.45. The summed E-state index contributed by atoms with van der Waals surface area (Å²) in [6.45, 7) is 5.49. The maximum absolute atomic E-state index is 12.7. The quantitative estimate of drug-likeness (QED) is 0.779. The van der Waals surface area contributed by atoms with Gasteiger partial charge in [0.1, 0.15) is 12.4 Å². The smallest absolute Gasteiger partial charge is 0.225 e. The second-order valence-corrected chi connectivity index (χ2v) is 7.44. The van der Waals surface area contributed by atoms with Crippen LogP contribution in [0.2, 0.25) is 0 Å². The van der Waals surface area contributed by atoms with Crippen molar-refractivity contribution >= 4 is 11.8 Å². The van der Waals surface area contributed by atoms with E-state index in [1.54, 1.807) is 6.20 Å². The molecule has 0 saturated carbocycles. The molecule has 1 aromatic heterocycles. The van der Waals surface area contributed by atoms with Crippen molar-refractivity contribution in [1.29, 1.82) is 0 Å². The molecule has 2 atom stereocenters. The number of hydrogen-bond donors (Lipinski definition) is 1. The highest BCUT2D eigenvalue weighted by Gasteiger charge is 2.28. The van der Waals surface area contributed by atoms with Crippen molar-refractivity contribution < 1.29 is 14.3 Å². The predicted molar refractivity (Wildman–Crippen MR) is 111 cm³/mol. The Kier molecular flexibility index (Phi) is 7.22. The van der Waals surface area contributed by atoms with Crippen LogP contribution in [0, 0.1) is 5.92 Å². The molecule has 0 bridgehead atoms. The normalized spacial score (nSPS) is 17.4. The minimum Gasteiger partial charge on any atom is -0.487 e. The Hall–Kier alpha value is -2.89. The molecular formula is C23H29N3O3. The summed E-state index contributed by atoms with van der Waals surface area (Å²) in [4.78, 5) is 30.8. The van der Waals surface area contributed by atoms with Crippen LogP contribution in [0.5, 0.6) is 5.75 Å². The molecule has 0 spiro atoms. The zero-order valence-electron chi connectivity index (χ0n) is 17.1. The lowest BCUT2D eigenvalue weighted by Gasteiger charge is -2.32. The van der Waals surface area contributed by atoms with Gasteiger partial charge in [-0.15, -0.1) is 0 Å². The molecule has 6 heteroatoms. The van der Waals surface area contributed by atoms with Gasteiger partial charge in [0.05, 0.1) is 17.7 Å². The van der Waals surface area contributed by atoms with Gasteiger partial charge in [0.25, 0.3) is 0 Å². The van der Waals surface area contributed by atoms with E-state index in [0.717, 1.165) is 36.4 Å². The van der Waals surface area contributed by atoms with Crippen LogP contribution < -0.4 is 10.1 Å². The van der Waals surface area contributed by atoms with E-state index in [4.69, 9.17) is 4.74 Å². The Balaban J connectivity index is 1.56. The molecule has 0 radical (unpaired) electrons. The first kappa shape index (κ1) is 20.8. The summed E-state index contributed by atoms with van der Waals surface area (Å²) in [5.41, 5.74) is 1.84. The number of nitrogens with zero attached hydrogens (tertiary/aromatic N) is 2. The lowest BCUT2D eigenvalue weighted by molar-refractivity contribution is -0.135. The standard InChI is InChI=1S/C23H29N3O3/c1-3-22(27)26-13-7-9-19(15-26)23(28)25-17(2)18-8-6-11-21(14-18)29-16-20-10-4-5-12-24-20/h4-6,8,10-12,14,17,19H,3,7,9,13,15-16H2,1-2H3,(H,25,28). The highest BCUT2D eigenvalue weighted by Crippen LogP contribution is 2.22. The fourth-order valence-electron chi connectivity index (χ4n) is 3.57. The maximum atomic E-state index is 12.7. The first-order valence-corrected chi connectivity index (χ1v) is 10.3. The number of pyridine rings is 1. The van der Waals surface area contributed by atoms with Crippen molar-refractivity contribution in [3.8, 4) is 5.75 Å². The number of likely N-dealkylation sites (tertiary alicyclic amines) is 1. The minimum absolute atomic E-state index is 0.00547. The summed E-state index contributed by atoms with van der Waals surface area (Å²) in [6, 6.07) is 13.3. The molecule has 1 fully saturated rings. The number of hydrogen-bond acceptors (Lipinski definition) is 4. The number of aromatic nitrogens is 1. The highest BCUT2D eigenvalue weighted by molar-refractivity contribution is 5.81. The first-order valence-electron chi connectivity index (χ1n) is 10.3. The van der Waals surface area contributed by atoms with Crippen molar-refractivity contribution in [2.45, 2.75) is 45.8 Å². The molecule has 2 aromatic rings. The predicted octanol–water partition coefficient (Wildman–Crippen LogP) is 3.49. The number of benzene rings is 1. The topological polar surface area (TPSA) is 71.5 Å². The fourth-order valence-corrected chi connectivity index (χ4v) is 3.57. The van der Waals surface area contributed by atoms with Crippen molar-refractivity contribution in [3.63, 3.8) is 0 Å². The summed E-state index contributed by atoms with van der Waals surface area (Å²) in [5, 5.41) is 3.10. The number of piperidine rings is 1. The third-order valence-electron chi connectivity index (χ3n) is 5.28. The molecule has 2 unspecified atom stereocenters. The molecule has 1 aliphatic heterocycles. The van der Waals surface area contributed by atoms with Crippen molar-refractivity contribution in [2.75, 3.05) is 13.1 Å². The second kappa shape index (κ2) is 10.0. The number of carbonyl (C=O) groups is 2. The van der Waals surface area contributed by atoms with Gasteiger partial charge in [-0.3, -0.25) is 14.6 Å². The van der Waals surface area contributed by atoms with Crippen LogP contribution in [0.3, 0.4) is 0 Å². The van der Waals surface area contributed by atoms with E-state index in [2.05, 4.69) is 10.3 Å². The van der Waals surface area contributed by atoms with Gasteiger partial charge in [0, 0.05) is 25.7 Å². The number of rotatable bonds is 7. The van der Waals surface area contributed by atoms with E-state index in [0.29, 0.717) is 19.6 Å². The zero-order valence-corrected chi connectivity index (χ0v) is 17.1. The van der Waals surface area contributed by atoms with Gasteiger partial charge in [-0.05, 0) is 49.6 Å². The van der Waals surface area contributed by atoms with Gasteiger partial charge in [0.2, 0.25) is 11.8 Å². The second-order valence-electron chi connectivity index (χ2n) is 7.44. The largest absolute Gasteiger partial charge is 0.487 e. The van der Waals surface area contributed by atoms with Gasteiger partial charge in [-0.1, -0.05) is 25.1 Å². The van der Waals surface area contributed by atoms with Gasteiger partial charge in [-0.25, -0.2) is 0 Å². The molecule has 3 rings (SSSR count). The van der Waals surface area contributed by atoms with Crippen molar-refractivity contribution in [3.05, 3.63) is 59.9 Å². The molecule has 1 N–H and O–H groups in total. The fraction of sp³-hybridized carbons (Fsp3) is 0.435. The monoisotopic (exact) mass is 395 g/mol. The van der Waals surface area contributed by atoms with Crippen LogP contribution in [0.15, 0.2) is 48.7 Å². The first-order chi connectivity index (χ1) is 14.1. The van der Waals surface area contributed by atoms with Crippen LogP contribution in [-0.2, 0) is 16.2 Å². The van der Waals surface area contributed by atoms with Crippen molar-refractivity contribution in [1.82, 2.24) is 15.2 Å². The molecular weight excluding hydrogens is 366 g/mol. The summed E-state index contributed by atoms with van der Waals surface area (Å²) in [7, 11) is 0. The Morgan fingerprint density at radius 3 is 2.90 bits per heavy atom. The molecule has 1 aliphatic rings. The molecule has 2 heterocycles. The summed E-state index contributed by atoms with van der Waals surface area (Å²) in [5.74, 6) is 0.719. The summed E-state index contributed by atoms with van der Waals surface area (Å²) >= 11 is 0. The molecule has 0 aliphatic carbocycles. The molecule has 6 nitrogen and oxygen atoms in total. The summed E-state index contributed by atoms with van der Waals surface area (Å²) < 4.78 is 5.84. The van der Waals surface area contributed by atoms with E-state index in [9.17, 15) is 9.59 Å². The number of carbonyl (C=O) groups excluding carboxylic acids is 2. The van der Waals surface area contributed by atoms with Gasteiger partial charge >= 0.3 is 0 Å². The van der Waals surface area contributed by atoms with E-state index in [1.807, 2.05) is 61.2 Å². The molecule has 1 saturated heterocycles. The zero-order chi connectivity index (χ0) is 20.6. The van der Waals surface area contributed by atoms with Crippen LogP contribution in [0.25, 0.3) is 0 Å². The highest BCUT2D eigenvalue weighted by atomic mass is 16.5. The van der Waals surface area contributed by atoms with Crippen molar-refractivity contribution in [2.24, 2.45) is 5.92 Å². The minimum atomic E-state index is -0.148. The average molecular weight is 396 g/mol. The van der Waals surface area contributed by atoms with E-state index < -0.39 is 0 Å². The average Bonchev–Trinajstić information content (AvgIpc) is 2.78. The van der Waals surface area contributed by atoms with Gasteiger partial charge in [-0.2, -0.15) is 0 Å². The maximum Gasteiger partial charge on any atom is 0.225 e. The SMILES string of the molecule is CCC(=O)N1CCCC(C(=O)NC(C)c2cccc(OCc3ccccn3)c2)C1. The number of amides is 2. The third-order valence-corrected chi connectivity index (χ3v) is 5.28. The Bertz CT molecular complexity index is 825. The van der Waals surface area contributed by atoms with E-state index in [-0.39, 0.29) is 23.8 Å². The van der Waals surface area contributed by atoms with Crippen LogP contribution in [-0.4, -0.2) is 34.8 Å². The van der Waals surface area contributed by atoms with Gasteiger partial charge in [0.15, 0.2) is 0 Å². The van der Waals surface area contributed by atoms with Gasteiger partial charge < -0.3 is 15.0 Å². The van der Waals surface area contributed by atoms with E-state index >= 15 is 0 Å². The number of nitrogens with one attached hydrogen (secondary N) is 1. The number of ether oxygens (including phenoxy) is 1. The Labute approximate surface area is 172 Å². The Morgan fingerprint density at radius 2 is 2.14 bits per heavy atom. The van der Waals surface area contributed by atoms with E-state index in [1.165, 1.54) is 0 Å². The molecule has 2 amide bonds. The molecule has 1 aromatic carbocycles.